The maximum atomic E-state index is 6.03. The maximum Gasteiger partial charge on any atom is 0.181 e. The van der Waals surface area contributed by atoms with Gasteiger partial charge in [0.1, 0.15) is 0 Å². The van der Waals surface area contributed by atoms with Crippen molar-refractivity contribution in [3.8, 4) is 22.8 Å². The van der Waals surface area contributed by atoms with Gasteiger partial charge in [-0.2, -0.15) is 5.10 Å². The van der Waals surface area contributed by atoms with Gasteiger partial charge in [0, 0.05) is 15.6 Å². The third kappa shape index (κ3) is 2.24. The van der Waals surface area contributed by atoms with E-state index in [9.17, 15) is 0 Å². The van der Waals surface area contributed by atoms with Gasteiger partial charge in [-0.15, -0.1) is 0 Å². The number of nitrogens with one attached hydrogen (secondary N) is 1. The number of rotatable bonds is 2. The minimum Gasteiger partial charge on any atom is -0.397 e. The molecule has 0 saturated carbocycles. The van der Waals surface area contributed by atoms with Gasteiger partial charge >= 0.3 is 0 Å². The fourth-order valence-corrected chi connectivity index (χ4v) is 2.21. The zero-order valence-corrected chi connectivity index (χ0v) is 11.6. The van der Waals surface area contributed by atoms with Crippen LogP contribution in [0.1, 0.15) is 0 Å². The highest BCUT2D eigenvalue weighted by atomic mass is 79.9. The van der Waals surface area contributed by atoms with E-state index in [1.165, 1.54) is 0 Å². The summed E-state index contributed by atoms with van der Waals surface area (Å²) in [5.74, 6) is 1.33. The average molecular weight is 315 g/mol. The smallest absolute Gasteiger partial charge is 0.181 e. The van der Waals surface area contributed by atoms with E-state index in [1.54, 1.807) is 0 Å². The lowest BCUT2D eigenvalue weighted by molar-refractivity contribution is 1.10. The van der Waals surface area contributed by atoms with Crippen molar-refractivity contribution in [2.75, 3.05) is 5.73 Å². The van der Waals surface area contributed by atoms with Gasteiger partial charge in [0.2, 0.25) is 0 Å². The molecular weight excluding hydrogens is 304 g/mol. The van der Waals surface area contributed by atoms with Crippen LogP contribution >= 0.6 is 15.9 Å². The molecule has 1 aromatic heterocycles. The SMILES string of the molecule is Nc1c(Br)cccc1-c1nc(-c2ccccc2)n[nH]1. The van der Waals surface area contributed by atoms with E-state index >= 15 is 0 Å². The third-order valence-corrected chi connectivity index (χ3v) is 3.52. The van der Waals surface area contributed by atoms with Crippen molar-refractivity contribution in [3.63, 3.8) is 0 Å². The summed E-state index contributed by atoms with van der Waals surface area (Å²) in [4.78, 5) is 4.49. The molecule has 19 heavy (non-hydrogen) atoms. The molecule has 3 aromatic rings. The largest absolute Gasteiger partial charge is 0.397 e. The number of nitrogens with two attached hydrogens (primary N) is 1. The van der Waals surface area contributed by atoms with Gasteiger partial charge in [-0.3, -0.25) is 5.10 Å². The van der Waals surface area contributed by atoms with Crippen molar-refractivity contribution in [1.29, 1.82) is 0 Å². The molecule has 4 nitrogen and oxygen atoms in total. The van der Waals surface area contributed by atoms with Crippen LogP contribution in [0, 0.1) is 0 Å². The molecule has 0 aliphatic heterocycles. The summed E-state index contributed by atoms with van der Waals surface area (Å²) in [6.07, 6.45) is 0. The van der Waals surface area contributed by atoms with E-state index in [0.717, 1.165) is 15.6 Å². The van der Waals surface area contributed by atoms with Crippen LogP contribution in [0.4, 0.5) is 5.69 Å². The molecule has 94 valence electrons. The predicted molar refractivity (Wildman–Crippen MR) is 79.4 cm³/mol. The molecule has 2 aromatic carbocycles. The second-order valence-electron chi connectivity index (χ2n) is 4.07. The fourth-order valence-electron chi connectivity index (χ4n) is 1.84. The summed E-state index contributed by atoms with van der Waals surface area (Å²) in [6.45, 7) is 0. The molecule has 1 heterocycles. The summed E-state index contributed by atoms with van der Waals surface area (Å²) in [5.41, 5.74) is 8.49. The summed E-state index contributed by atoms with van der Waals surface area (Å²) in [6, 6.07) is 15.5. The minimum absolute atomic E-state index is 0.651. The lowest BCUT2D eigenvalue weighted by Crippen LogP contribution is -1.92. The quantitative estimate of drug-likeness (QED) is 0.711. The van der Waals surface area contributed by atoms with Gasteiger partial charge in [-0.1, -0.05) is 36.4 Å². The van der Waals surface area contributed by atoms with Crippen LogP contribution in [0.2, 0.25) is 0 Å². The second kappa shape index (κ2) is 4.85. The van der Waals surface area contributed by atoms with Crippen molar-refractivity contribution < 1.29 is 0 Å². The average Bonchev–Trinajstić information content (AvgIpc) is 2.92. The number of nitrogens with zero attached hydrogens (tertiary/aromatic N) is 2. The summed E-state index contributed by atoms with van der Waals surface area (Å²) < 4.78 is 0.850. The lowest BCUT2D eigenvalue weighted by atomic mass is 10.1. The van der Waals surface area contributed by atoms with E-state index in [0.29, 0.717) is 17.3 Å². The molecule has 0 amide bonds. The molecule has 0 radical (unpaired) electrons. The first-order valence-electron chi connectivity index (χ1n) is 5.78. The Labute approximate surface area is 118 Å². The van der Waals surface area contributed by atoms with Crippen LogP contribution in [0.15, 0.2) is 53.0 Å². The zero-order valence-electron chi connectivity index (χ0n) is 9.97. The van der Waals surface area contributed by atoms with Crippen LogP contribution in [-0.4, -0.2) is 15.2 Å². The number of anilines is 1. The molecule has 0 atom stereocenters. The molecule has 0 fully saturated rings. The number of para-hydroxylation sites is 1. The third-order valence-electron chi connectivity index (χ3n) is 2.83. The Balaban J connectivity index is 2.05. The van der Waals surface area contributed by atoms with Crippen molar-refractivity contribution in [1.82, 2.24) is 15.2 Å². The molecular formula is C14H11BrN4. The topological polar surface area (TPSA) is 67.6 Å². The van der Waals surface area contributed by atoms with Crippen LogP contribution < -0.4 is 5.73 Å². The lowest BCUT2D eigenvalue weighted by Gasteiger charge is -2.03. The number of H-pyrrole nitrogens is 1. The summed E-state index contributed by atoms with van der Waals surface area (Å²) in [7, 11) is 0. The van der Waals surface area contributed by atoms with Crippen LogP contribution in [0.5, 0.6) is 0 Å². The van der Waals surface area contributed by atoms with Gasteiger partial charge < -0.3 is 5.73 Å². The number of benzene rings is 2. The first kappa shape index (κ1) is 11.9. The van der Waals surface area contributed by atoms with Gasteiger partial charge in [0.05, 0.1) is 5.69 Å². The van der Waals surface area contributed by atoms with E-state index < -0.39 is 0 Å². The molecule has 0 bridgehead atoms. The molecule has 3 rings (SSSR count). The number of hydrogen-bond acceptors (Lipinski definition) is 3. The highest BCUT2D eigenvalue weighted by Gasteiger charge is 2.11. The standard InChI is InChI=1S/C14H11BrN4/c15-11-8-4-7-10(12(11)16)14-17-13(18-19-14)9-5-2-1-3-6-9/h1-8H,16H2,(H,17,18,19). The predicted octanol–water partition coefficient (Wildman–Crippen LogP) is 3.48. The molecule has 0 aliphatic carbocycles. The Morgan fingerprint density at radius 2 is 1.79 bits per heavy atom. The molecule has 3 N–H and O–H groups in total. The van der Waals surface area contributed by atoms with Crippen LogP contribution in [0.25, 0.3) is 22.8 Å². The van der Waals surface area contributed by atoms with E-state index in [2.05, 4.69) is 31.1 Å². The van der Waals surface area contributed by atoms with E-state index in [4.69, 9.17) is 5.73 Å². The Morgan fingerprint density at radius 1 is 1.00 bits per heavy atom. The first-order chi connectivity index (χ1) is 9.25. The first-order valence-corrected chi connectivity index (χ1v) is 6.57. The number of nitrogen functional groups attached to an aromatic ring is 1. The van der Waals surface area contributed by atoms with E-state index in [-0.39, 0.29) is 0 Å². The summed E-state index contributed by atoms with van der Waals surface area (Å²) in [5, 5.41) is 7.15. The molecule has 0 saturated heterocycles. The van der Waals surface area contributed by atoms with Gasteiger partial charge in [-0.25, -0.2) is 4.98 Å². The van der Waals surface area contributed by atoms with Gasteiger partial charge in [0.15, 0.2) is 11.6 Å². The summed E-state index contributed by atoms with van der Waals surface area (Å²) >= 11 is 3.41. The Bertz CT molecular complexity index is 706. The number of aromatic amines is 1. The minimum atomic E-state index is 0.651. The Morgan fingerprint density at radius 3 is 2.58 bits per heavy atom. The number of aromatic nitrogens is 3. The van der Waals surface area contributed by atoms with Crippen molar-refractivity contribution in [2.45, 2.75) is 0 Å². The molecule has 0 aliphatic rings. The van der Waals surface area contributed by atoms with Gasteiger partial charge in [0.25, 0.3) is 0 Å². The number of halogens is 1. The highest BCUT2D eigenvalue weighted by Crippen LogP contribution is 2.30. The van der Waals surface area contributed by atoms with Crippen molar-refractivity contribution >= 4 is 21.6 Å². The Hall–Kier alpha value is -2.14. The van der Waals surface area contributed by atoms with Gasteiger partial charge in [-0.05, 0) is 28.1 Å². The van der Waals surface area contributed by atoms with E-state index in [1.807, 2.05) is 48.5 Å². The normalized spacial score (nSPS) is 10.6. The second-order valence-corrected chi connectivity index (χ2v) is 4.93. The maximum absolute atomic E-state index is 6.03. The molecule has 0 unspecified atom stereocenters. The zero-order chi connectivity index (χ0) is 13.2. The van der Waals surface area contributed by atoms with Crippen LogP contribution in [0.3, 0.4) is 0 Å². The fraction of sp³-hybridized carbons (Fsp3) is 0. The number of hydrogen-bond donors (Lipinski definition) is 2. The van der Waals surface area contributed by atoms with Crippen molar-refractivity contribution in [3.05, 3.63) is 53.0 Å². The highest BCUT2D eigenvalue weighted by molar-refractivity contribution is 9.10. The monoisotopic (exact) mass is 314 g/mol. The Kier molecular flexibility index (Phi) is 3.05. The van der Waals surface area contributed by atoms with Crippen molar-refractivity contribution in [2.24, 2.45) is 0 Å². The van der Waals surface area contributed by atoms with Crippen LogP contribution in [-0.2, 0) is 0 Å². The molecule has 5 heteroatoms. The molecule has 0 spiro atoms.